The molecule has 7 nitrogen and oxygen atoms in total. The molecule has 0 aliphatic carbocycles. The number of rotatable bonds is 2. The van der Waals surface area contributed by atoms with Crippen LogP contribution < -0.4 is 34.5 Å². The van der Waals surface area contributed by atoms with Gasteiger partial charge in [-0.05, 0) is 0 Å². The molecule has 0 unspecified atom stereocenters. The second kappa shape index (κ2) is 5.53. The molecule has 1 rings (SSSR count). The van der Waals surface area contributed by atoms with Crippen molar-refractivity contribution >= 4 is 8.60 Å². The Bertz CT molecular complexity index is 183. The average molecular weight is 219 g/mol. The molecule has 1 aliphatic rings. The quantitative estimate of drug-likeness (QED) is 0.218. The minimum absolute atomic E-state index is 0. The maximum atomic E-state index is 10.5. The third kappa shape index (κ3) is 3.07. The molecule has 0 aromatic carbocycles. The minimum atomic E-state index is -2.25. The van der Waals surface area contributed by atoms with Crippen LogP contribution in [-0.4, -0.2) is 35.4 Å². The molecule has 13 heavy (non-hydrogen) atoms. The van der Waals surface area contributed by atoms with Crippen LogP contribution in [0.25, 0.3) is 0 Å². The zero-order valence-electron chi connectivity index (χ0n) is 7.00. The summed E-state index contributed by atoms with van der Waals surface area (Å²) in [5.41, 5.74) is -1.65. The zero-order chi connectivity index (χ0) is 9.19. The van der Waals surface area contributed by atoms with Crippen LogP contribution in [0.3, 0.4) is 0 Å². The Morgan fingerprint density at radius 1 is 1.54 bits per heavy atom. The maximum absolute atomic E-state index is 10.5. The molecular weight excluding hydrogens is 212 g/mol. The summed E-state index contributed by atoms with van der Waals surface area (Å²) < 4.78 is 8.86. The number of nitrogens with zero attached hydrogens (tertiary/aromatic N) is 1. The van der Waals surface area contributed by atoms with Crippen molar-refractivity contribution in [2.45, 2.75) is 5.54 Å². The van der Waals surface area contributed by atoms with Crippen molar-refractivity contribution in [1.82, 2.24) is 0 Å². The Labute approximate surface area is 97.5 Å². The molecule has 0 aromatic rings. The van der Waals surface area contributed by atoms with Crippen molar-refractivity contribution < 1.29 is 53.5 Å². The molecule has 0 aromatic heterocycles. The smallest absolute Gasteiger partial charge is 0.786 e. The predicted octanol–water partition coefficient (Wildman–Crippen LogP) is -4.37. The van der Waals surface area contributed by atoms with Crippen LogP contribution in [0.1, 0.15) is 0 Å². The standard InChI is InChI=1S/C4H7NO6P.Na/c6-1-4(5(7)8)2-10-12(9)11-3-4;/h6H,1-3H2;/q-1;+1. The van der Waals surface area contributed by atoms with E-state index in [4.69, 9.17) is 5.11 Å². The normalized spacial score (nSPS) is 33.5. The van der Waals surface area contributed by atoms with Crippen molar-refractivity contribution in [1.29, 1.82) is 0 Å². The van der Waals surface area contributed by atoms with Crippen molar-refractivity contribution in [3.8, 4) is 0 Å². The van der Waals surface area contributed by atoms with Gasteiger partial charge in [-0.25, -0.2) is 0 Å². The maximum Gasteiger partial charge on any atom is 1.00 e. The fraction of sp³-hybridized carbons (Fsp3) is 1.00. The van der Waals surface area contributed by atoms with E-state index >= 15 is 0 Å². The molecule has 0 bridgehead atoms. The average Bonchev–Trinajstić information content (AvgIpc) is 2.06. The Morgan fingerprint density at radius 2 is 2.00 bits per heavy atom. The van der Waals surface area contributed by atoms with E-state index in [-0.39, 0.29) is 42.8 Å². The van der Waals surface area contributed by atoms with E-state index in [9.17, 15) is 15.0 Å². The number of hydrogen-bond acceptors (Lipinski definition) is 6. The van der Waals surface area contributed by atoms with Crippen LogP contribution in [0.15, 0.2) is 0 Å². The Kier molecular flexibility index (Phi) is 5.81. The monoisotopic (exact) mass is 219 g/mol. The first-order chi connectivity index (χ1) is 5.60. The van der Waals surface area contributed by atoms with Gasteiger partial charge in [-0.1, -0.05) is 0 Å². The molecule has 1 saturated heterocycles. The number of hydrogen-bond donors (Lipinski definition) is 1. The van der Waals surface area contributed by atoms with Gasteiger partial charge < -0.3 is 19.0 Å². The molecule has 1 fully saturated rings. The fourth-order valence-electron chi connectivity index (χ4n) is 0.679. The van der Waals surface area contributed by atoms with Gasteiger partial charge in [0.25, 0.3) is 5.54 Å². The molecular formula is C4H7NNaO6P. The van der Waals surface area contributed by atoms with E-state index in [1.54, 1.807) is 0 Å². The summed E-state index contributed by atoms with van der Waals surface area (Å²) in [6.07, 6.45) is 0. The van der Waals surface area contributed by atoms with Crippen LogP contribution in [0.2, 0.25) is 0 Å². The Balaban J connectivity index is 0.00000144. The minimum Gasteiger partial charge on any atom is -0.786 e. The van der Waals surface area contributed by atoms with Gasteiger partial charge in [-0.2, -0.15) is 0 Å². The molecule has 1 N–H and O–H groups in total. The summed E-state index contributed by atoms with van der Waals surface area (Å²) in [5.74, 6) is 0. The first-order valence-corrected chi connectivity index (χ1v) is 4.19. The van der Waals surface area contributed by atoms with Crippen LogP contribution in [0, 0.1) is 10.1 Å². The van der Waals surface area contributed by atoms with Crippen molar-refractivity contribution in [2.75, 3.05) is 19.8 Å². The van der Waals surface area contributed by atoms with Crippen molar-refractivity contribution in [2.24, 2.45) is 0 Å². The molecule has 9 heteroatoms. The molecule has 1 aliphatic heterocycles. The second-order valence-corrected chi connectivity index (χ2v) is 3.37. The van der Waals surface area contributed by atoms with Crippen LogP contribution >= 0.6 is 8.60 Å². The largest absolute Gasteiger partial charge is 1.00 e. The molecule has 0 spiro atoms. The topological polar surface area (TPSA) is 105 Å². The summed E-state index contributed by atoms with van der Waals surface area (Å²) in [5, 5.41) is 19.1. The van der Waals surface area contributed by atoms with Crippen molar-refractivity contribution in [3.63, 3.8) is 0 Å². The van der Waals surface area contributed by atoms with E-state index < -0.39 is 25.7 Å². The first-order valence-electron chi connectivity index (χ1n) is 3.09. The summed E-state index contributed by atoms with van der Waals surface area (Å²) in [4.78, 5) is 20.2. The van der Waals surface area contributed by atoms with Crippen molar-refractivity contribution in [3.05, 3.63) is 10.1 Å². The molecule has 0 radical (unpaired) electrons. The van der Waals surface area contributed by atoms with Gasteiger partial charge >= 0.3 is 29.6 Å². The van der Waals surface area contributed by atoms with E-state index in [0.29, 0.717) is 0 Å². The van der Waals surface area contributed by atoms with Gasteiger partial charge in [0.05, 0.1) is 8.60 Å². The van der Waals surface area contributed by atoms with Gasteiger partial charge in [0.1, 0.15) is 19.8 Å². The molecule has 1 heterocycles. The van der Waals surface area contributed by atoms with E-state index in [1.807, 2.05) is 0 Å². The predicted molar refractivity (Wildman–Crippen MR) is 35.6 cm³/mol. The summed E-state index contributed by atoms with van der Waals surface area (Å²) in [7, 11) is -2.25. The van der Waals surface area contributed by atoms with Crippen LogP contribution in [0.5, 0.6) is 0 Å². The van der Waals surface area contributed by atoms with E-state index in [1.165, 1.54) is 0 Å². The third-order valence-electron chi connectivity index (χ3n) is 1.56. The number of aliphatic hydroxyl groups excluding tert-OH is 1. The van der Waals surface area contributed by atoms with Gasteiger partial charge in [0.15, 0.2) is 0 Å². The molecule has 70 valence electrons. The molecule has 0 saturated carbocycles. The summed E-state index contributed by atoms with van der Waals surface area (Å²) in [6.45, 7) is -1.46. The molecule has 0 amide bonds. The zero-order valence-corrected chi connectivity index (χ0v) is 9.90. The van der Waals surface area contributed by atoms with Gasteiger partial charge in [-0.3, -0.25) is 10.1 Å². The van der Waals surface area contributed by atoms with E-state index in [0.717, 1.165) is 0 Å². The number of aliphatic hydroxyl groups is 1. The SMILES string of the molecule is O=[N+]([O-])C1(CO)COP([O-])OC1.[Na+]. The third-order valence-corrected chi connectivity index (χ3v) is 2.24. The van der Waals surface area contributed by atoms with Crippen LogP contribution in [-0.2, 0) is 9.05 Å². The van der Waals surface area contributed by atoms with Gasteiger partial charge in [-0.15, -0.1) is 0 Å². The second-order valence-electron chi connectivity index (χ2n) is 2.41. The number of nitro groups is 1. The summed E-state index contributed by atoms with van der Waals surface area (Å²) in [6, 6.07) is 0. The fourth-order valence-corrected chi connectivity index (χ4v) is 1.45. The van der Waals surface area contributed by atoms with E-state index in [2.05, 4.69) is 9.05 Å². The molecule has 0 atom stereocenters. The Hall–Kier alpha value is 0.670. The van der Waals surface area contributed by atoms with Gasteiger partial charge in [0, 0.05) is 4.92 Å². The Morgan fingerprint density at radius 3 is 2.31 bits per heavy atom. The van der Waals surface area contributed by atoms with Gasteiger partial charge in [0.2, 0.25) is 0 Å². The van der Waals surface area contributed by atoms with Crippen LogP contribution in [0.4, 0.5) is 0 Å². The first kappa shape index (κ1) is 13.7. The summed E-state index contributed by atoms with van der Waals surface area (Å²) >= 11 is 0.